The van der Waals surface area contributed by atoms with Gasteiger partial charge in [0.1, 0.15) is 5.75 Å². The lowest BCUT2D eigenvalue weighted by molar-refractivity contribution is 0.0596. The molecular formula is C13H20N2O2. The minimum atomic E-state index is -0.593. The second kappa shape index (κ2) is 4.94. The highest BCUT2D eigenvalue weighted by Gasteiger charge is 2.27. The summed E-state index contributed by atoms with van der Waals surface area (Å²) in [7, 11) is 2.06. The number of anilines is 1. The second-order valence-electron chi connectivity index (χ2n) is 4.89. The Labute approximate surface area is 102 Å². The molecule has 1 aromatic carbocycles. The number of rotatable bonds is 2. The Bertz CT molecular complexity index is 395. The summed E-state index contributed by atoms with van der Waals surface area (Å²) in [4.78, 5) is 2.22. The largest absolute Gasteiger partial charge is 0.506 e. The van der Waals surface area contributed by atoms with Gasteiger partial charge < -0.3 is 20.8 Å². The summed E-state index contributed by atoms with van der Waals surface area (Å²) in [5, 5.41) is 19.9. The molecule has 2 atom stereocenters. The molecule has 1 aromatic rings. The monoisotopic (exact) mass is 236 g/mol. The van der Waals surface area contributed by atoms with E-state index in [0.717, 1.165) is 25.9 Å². The van der Waals surface area contributed by atoms with E-state index in [0.29, 0.717) is 11.3 Å². The van der Waals surface area contributed by atoms with Crippen LogP contribution in [0.15, 0.2) is 18.2 Å². The van der Waals surface area contributed by atoms with E-state index in [1.165, 1.54) is 0 Å². The van der Waals surface area contributed by atoms with Gasteiger partial charge in [-0.25, -0.2) is 0 Å². The number of phenolic OH excluding ortho intramolecular Hbond substituents is 1. The van der Waals surface area contributed by atoms with E-state index in [1.54, 1.807) is 18.2 Å². The smallest absolute Gasteiger partial charge is 0.138 e. The van der Waals surface area contributed by atoms with E-state index in [4.69, 9.17) is 5.73 Å². The predicted molar refractivity (Wildman–Crippen MR) is 67.7 cm³/mol. The highest BCUT2D eigenvalue weighted by molar-refractivity contribution is 5.58. The molecule has 2 rings (SSSR count). The minimum absolute atomic E-state index is 0.0470. The molecule has 1 heterocycles. The van der Waals surface area contributed by atoms with E-state index in [9.17, 15) is 10.2 Å². The third kappa shape index (κ3) is 2.53. The molecule has 0 aliphatic carbocycles. The molecule has 17 heavy (non-hydrogen) atoms. The van der Waals surface area contributed by atoms with Crippen molar-refractivity contribution in [3.8, 4) is 5.75 Å². The van der Waals surface area contributed by atoms with Crippen molar-refractivity contribution >= 4 is 5.69 Å². The molecule has 1 aliphatic heterocycles. The van der Waals surface area contributed by atoms with Gasteiger partial charge in [-0.15, -0.1) is 0 Å². The van der Waals surface area contributed by atoms with E-state index >= 15 is 0 Å². The standard InChI is InChI=1S/C13H20N2O2/c1-15-7-3-4-9(8-15)13(17)10-5-2-6-11(16)12(10)14/h2,5-6,9,13,16-17H,3-4,7-8,14H2,1H3. The van der Waals surface area contributed by atoms with Crippen LogP contribution in [0.1, 0.15) is 24.5 Å². The molecule has 1 aliphatic rings. The molecule has 0 amide bonds. The number of aromatic hydroxyl groups is 1. The summed E-state index contributed by atoms with van der Waals surface area (Å²) < 4.78 is 0. The molecule has 2 unspecified atom stereocenters. The van der Waals surface area contributed by atoms with Gasteiger partial charge in [-0.1, -0.05) is 12.1 Å². The van der Waals surface area contributed by atoms with Crippen molar-refractivity contribution in [2.24, 2.45) is 5.92 Å². The van der Waals surface area contributed by atoms with Crippen LogP contribution in [-0.4, -0.2) is 35.3 Å². The van der Waals surface area contributed by atoms with Gasteiger partial charge in [-0.05, 0) is 32.5 Å². The number of benzene rings is 1. The molecule has 4 N–H and O–H groups in total. The molecule has 0 bridgehead atoms. The van der Waals surface area contributed by atoms with E-state index < -0.39 is 6.10 Å². The summed E-state index contributed by atoms with van der Waals surface area (Å²) in [6.07, 6.45) is 1.50. The number of nitrogen functional groups attached to an aromatic ring is 1. The molecule has 0 aromatic heterocycles. The highest BCUT2D eigenvalue weighted by atomic mass is 16.3. The number of piperidine rings is 1. The van der Waals surface area contributed by atoms with Crippen molar-refractivity contribution in [3.63, 3.8) is 0 Å². The first-order valence-electron chi connectivity index (χ1n) is 6.03. The van der Waals surface area contributed by atoms with Crippen LogP contribution in [-0.2, 0) is 0 Å². The Morgan fingerprint density at radius 1 is 1.47 bits per heavy atom. The number of nitrogens with zero attached hydrogens (tertiary/aromatic N) is 1. The van der Waals surface area contributed by atoms with Gasteiger partial charge in [0.05, 0.1) is 11.8 Å². The van der Waals surface area contributed by atoms with Crippen molar-refractivity contribution in [2.75, 3.05) is 25.9 Å². The van der Waals surface area contributed by atoms with Gasteiger partial charge in [-0.3, -0.25) is 0 Å². The maximum atomic E-state index is 10.4. The maximum Gasteiger partial charge on any atom is 0.138 e. The number of likely N-dealkylation sites (tertiary alicyclic amines) is 1. The predicted octanol–water partition coefficient (Wildman–Crippen LogP) is 1.35. The molecule has 0 spiro atoms. The maximum absolute atomic E-state index is 10.4. The summed E-state index contributed by atoms with van der Waals surface area (Å²) in [6, 6.07) is 5.05. The normalized spacial score (nSPS) is 23.5. The fourth-order valence-electron chi connectivity index (χ4n) is 2.55. The lowest BCUT2D eigenvalue weighted by atomic mass is 9.88. The van der Waals surface area contributed by atoms with Gasteiger partial charge in [0.2, 0.25) is 0 Å². The Balaban J connectivity index is 2.18. The van der Waals surface area contributed by atoms with Crippen LogP contribution in [0.3, 0.4) is 0 Å². The quantitative estimate of drug-likeness (QED) is 0.535. The van der Waals surface area contributed by atoms with Crippen LogP contribution in [0.25, 0.3) is 0 Å². The Morgan fingerprint density at radius 2 is 2.24 bits per heavy atom. The number of hydrogen-bond donors (Lipinski definition) is 3. The lowest BCUT2D eigenvalue weighted by Crippen LogP contribution is -2.35. The fourth-order valence-corrected chi connectivity index (χ4v) is 2.55. The van der Waals surface area contributed by atoms with Crippen LogP contribution < -0.4 is 5.73 Å². The van der Waals surface area contributed by atoms with Gasteiger partial charge in [0, 0.05) is 18.0 Å². The van der Waals surface area contributed by atoms with Crippen LogP contribution in [0, 0.1) is 5.92 Å². The lowest BCUT2D eigenvalue weighted by Gasteiger charge is -2.33. The zero-order chi connectivity index (χ0) is 12.4. The molecule has 4 heteroatoms. The van der Waals surface area contributed by atoms with Crippen LogP contribution in [0.2, 0.25) is 0 Å². The number of phenols is 1. The third-order valence-corrected chi connectivity index (χ3v) is 3.54. The van der Waals surface area contributed by atoms with E-state index in [1.807, 2.05) is 0 Å². The molecule has 4 nitrogen and oxygen atoms in total. The number of hydrogen-bond acceptors (Lipinski definition) is 4. The highest BCUT2D eigenvalue weighted by Crippen LogP contribution is 2.35. The first-order chi connectivity index (χ1) is 8.09. The van der Waals surface area contributed by atoms with Crippen LogP contribution in [0.5, 0.6) is 5.75 Å². The molecule has 94 valence electrons. The minimum Gasteiger partial charge on any atom is -0.506 e. The van der Waals surface area contributed by atoms with Crippen molar-refractivity contribution in [3.05, 3.63) is 23.8 Å². The topological polar surface area (TPSA) is 69.7 Å². The van der Waals surface area contributed by atoms with Crippen molar-refractivity contribution in [1.82, 2.24) is 4.90 Å². The average Bonchev–Trinajstić information content (AvgIpc) is 2.32. The first-order valence-corrected chi connectivity index (χ1v) is 6.03. The summed E-state index contributed by atoms with van der Waals surface area (Å²) in [6.45, 7) is 1.95. The number of nitrogens with two attached hydrogens (primary N) is 1. The zero-order valence-corrected chi connectivity index (χ0v) is 10.1. The van der Waals surface area contributed by atoms with Gasteiger partial charge in [0.15, 0.2) is 0 Å². The molecular weight excluding hydrogens is 216 g/mol. The SMILES string of the molecule is CN1CCCC(C(O)c2cccc(O)c2N)C1. The van der Waals surface area contributed by atoms with Crippen molar-refractivity contribution in [2.45, 2.75) is 18.9 Å². The number of aliphatic hydroxyl groups is 1. The Kier molecular flexibility index (Phi) is 3.54. The molecule has 0 saturated carbocycles. The molecule has 1 saturated heterocycles. The average molecular weight is 236 g/mol. The zero-order valence-electron chi connectivity index (χ0n) is 10.1. The number of para-hydroxylation sites is 1. The van der Waals surface area contributed by atoms with E-state index in [2.05, 4.69) is 11.9 Å². The van der Waals surface area contributed by atoms with E-state index in [-0.39, 0.29) is 11.7 Å². The van der Waals surface area contributed by atoms with Crippen LogP contribution >= 0.6 is 0 Å². The second-order valence-corrected chi connectivity index (χ2v) is 4.89. The van der Waals surface area contributed by atoms with Gasteiger partial charge in [0.25, 0.3) is 0 Å². The number of aliphatic hydroxyl groups excluding tert-OH is 1. The fraction of sp³-hybridized carbons (Fsp3) is 0.538. The Hall–Kier alpha value is -1.26. The molecule has 1 fully saturated rings. The Morgan fingerprint density at radius 3 is 2.94 bits per heavy atom. The van der Waals surface area contributed by atoms with Gasteiger partial charge in [-0.2, -0.15) is 0 Å². The molecule has 0 radical (unpaired) electrons. The van der Waals surface area contributed by atoms with Crippen molar-refractivity contribution in [1.29, 1.82) is 0 Å². The van der Waals surface area contributed by atoms with Gasteiger partial charge >= 0.3 is 0 Å². The third-order valence-electron chi connectivity index (χ3n) is 3.54. The first kappa shape index (κ1) is 12.2. The summed E-state index contributed by atoms with van der Waals surface area (Å²) in [5.74, 6) is 0.239. The van der Waals surface area contributed by atoms with Crippen LogP contribution in [0.4, 0.5) is 5.69 Å². The summed E-state index contributed by atoms with van der Waals surface area (Å²) in [5.41, 5.74) is 6.74. The summed E-state index contributed by atoms with van der Waals surface area (Å²) >= 11 is 0. The van der Waals surface area contributed by atoms with Crippen molar-refractivity contribution < 1.29 is 10.2 Å².